The van der Waals surface area contributed by atoms with E-state index in [2.05, 4.69) is 31.3 Å². The Morgan fingerprint density at radius 2 is 1.89 bits per heavy atom. The Hall–Kier alpha value is -1.38. The smallest absolute Gasteiger partial charge is 0.163 e. The Morgan fingerprint density at radius 3 is 2.61 bits per heavy atom. The van der Waals surface area contributed by atoms with Gasteiger partial charge in [0.15, 0.2) is 11.5 Å². The van der Waals surface area contributed by atoms with Gasteiger partial charge in [-0.15, -0.1) is 0 Å². The predicted octanol–water partition coefficient (Wildman–Crippen LogP) is 3.09. The van der Waals surface area contributed by atoms with Gasteiger partial charge in [-0.1, -0.05) is 13.8 Å². The van der Waals surface area contributed by atoms with Gasteiger partial charge in [0.1, 0.15) is 0 Å². The second-order valence-corrected chi connectivity index (χ2v) is 5.60. The molecule has 1 aromatic carbocycles. The number of rotatable bonds is 1. The molecular formula is C15H21NO2. The molecule has 0 aromatic heterocycles. The van der Waals surface area contributed by atoms with Crippen LogP contribution in [-0.2, 0) is 6.42 Å². The molecule has 0 saturated heterocycles. The Kier molecular flexibility index (Phi) is 3.06. The van der Waals surface area contributed by atoms with E-state index in [1.807, 2.05) is 0 Å². The van der Waals surface area contributed by atoms with Crippen molar-refractivity contribution in [3.63, 3.8) is 0 Å². The molecule has 0 saturated carbocycles. The van der Waals surface area contributed by atoms with E-state index >= 15 is 0 Å². The average molecular weight is 247 g/mol. The quantitative estimate of drug-likeness (QED) is 0.827. The van der Waals surface area contributed by atoms with E-state index in [-0.39, 0.29) is 0 Å². The maximum absolute atomic E-state index is 5.76. The van der Waals surface area contributed by atoms with Gasteiger partial charge < -0.3 is 14.8 Å². The van der Waals surface area contributed by atoms with Gasteiger partial charge in [0, 0.05) is 24.7 Å². The Morgan fingerprint density at radius 1 is 1.17 bits per heavy atom. The molecule has 3 heteroatoms. The zero-order valence-corrected chi connectivity index (χ0v) is 11.2. The summed E-state index contributed by atoms with van der Waals surface area (Å²) in [5.41, 5.74) is 2.58. The average Bonchev–Trinajstić information content (AvgIpc) is 2.59. The number of benzene rings is 1. The summed E-state index contributed by atoms with van der Waals surface area (Å²) < 4.78 is 11.5. The van der Waals surface area contributed by atoms with Crippen LogP contribution in [0.2, 0.25) is 0 Å². The van der Waals surface area contributed by atoms with E-state index in [1.54, 1.807) is 0 Å². The molecule has 2 heterocycles. The second-order valence-electron chi connectivity index (χ2n) is 5.60. The van der Waals surface area contributed by atoms with Crippen molar-refractivity contribution in [2.75, 3.05) is 25.1 Å². The molecule has 1 N–H and O–H groups in total. The summed E-state index contributed by atoms with van der Waals surface area (Å²) in [7, 11) is 0. The number of hydrogen-bond donors (Lipinski definition) is 1. The summed E-state index contributed by atoms with van der Waals surface area (Å²) in [6, 6.07) is 4.27. The zero-order chi connectivity index (χ0) is 12.5. The maximum Gasteiger partial charge on any atom is 0.163 e. The summed E-state index contributed by atoms with van der Waals surface area (Å²) in [6.45, 7) is 7.15. The Bertz CT molecular complexity index is 442. The van der Waals surface area contributed by atoms with Gasteiger partial charge in [-0.3, -0.25) is 0 Å². The first-order valence-electron chi connectivity index (χ1n) is 6.90. The van der Waals surface area contributed by atoms with Crippen LogP contribution in [0.3, 0.4) is 0 Å². The van der Waals surface area contributed by atoms with Crippen molar-refractivity contribution in [2.24, 2.45) is 11.8 Å². The van der Waals surface area contributed by atoms with E-state index in [0.717, 1.165) is 44.1 Å². The van der Waals surface area contributed by atoms with Crippen molar-refractivity contribution in [3.05, 3.63) is 17.7 Å². The molecule has 18 heavy (non-hydrogen) atoms. The van der Waals surface area contributed by atoms with Crippen LogP contribution in [0.1, 0.15) is 25.8 Å². The van der Waals surface area contributed by atoms with E-state index in [1.165, 1.54) is 11.3 Å². The number of nitrogens with one attached hydrogen (secondary N) is 1. The fraction of sp³-hybridized carbons (Fsp3) is 0.600. The van der Waals surface area contributed by atoms with Gasteiger partial charge in [-0.05, 0) is 29.9 Å². The number of fused-ring (bicyclic) bond motifs is 2. The first-order chi connectivity index (χ1) is 8.74. The molecule has 0 radical (unpaired) electrons. The summed E-state index contributed by atoms with van der Waals surface area (Å²) >= 11 is 0. The first kappa shape index (κ1) is 11.7. The molecule has 1 atom stereocenters. The molecular weight excluding hydrogens is 226 g/mol. The highest BCUT2D eigenvalue weighted by molar-refractivity contribution is 5.62. The highest BCUT2D eigenvalue weighted by atomic mass is 16.5. The van der Waals surface area contributed by atoms with Crippen LogP contribution < -0.4 is 14.8 Å². The molecule has 1 aromatic rings. The third kappa shape index (κ3) is 2.14. The molecule has 98 valence electrons. The second kappa shape index (κ2) is 4.71. The number of hydrogen-bond acceptors (Lipinski definition) is 3. The highest BCUT2D eigenvalue weighted by Crippen LogP contribution is 2.38. The Labute approximate surface area is 108 Å². The highest BCUT2D eigenvalue weighted by Gasteiger charge is 2.23. The Balaban J connectivity index is 1.91. The zero-order valence-electron chi connectivity index (χ0n) is 11.2. The summed E-state index contributed by atoms with van der Waals surface area (Å²) in [5, 5.41) is 3.53. The molecule has 0 aliphatic carbocycles. The van der Waals surface area contributed by atoms with Gasteiger partial charge in [-0.2, -0.15) is 0 Å². The van der Waals surface area contributed by atoms with Gasteiger partial charge >= 0.3 is 0 Å². The van der Waals surface area contributed by atoms with E-state index < -0.39 is 0 Å². The van der Waals surface area contributed by atoms with Crippen LogP contribution in [0.25, 0.3) is 0 Å². The van der Waals surface area contributed by atoms with Crippen molar-refractivity contribution in [2.45, 2.75) is 26.7 Å². The van der Waals surface area contributed by atoms with Crippen LogP contribution in [0, 0.1) is 11.8 Å². The van der Waals surface area contributed by atoms with Crippen molar-refractivity contribution < 1.29 is 9.47 Å². The summed E-state index contributed by atoms with van der Waals surface area (Å²) in [5.74, 6) is 3.23. The lowest BCUT2D eigenvalue weighted by Gasteiger charge is -2.29. The lowest BCUT2D eigenvalue weighted by molar-refractivity contribution is 0.297. The molecule has 0 amide bonds. The fourth-order valence-electron chi connectivity index (χ4n) is 2.65. The first-order valence-corrected chi connectivity index (χ1v) is 6.90. The molecule has 0 fully saturated rings. The standard InChI is InChI=1S/C15H21NO2/c1-10(2)12-6-11-7-14-15(8-13(11)16-9-12)18-5-3-4-17-14/h7-8,10,12,16H,3-6,9H2,1-2H3. The van der Waals surface area contributed by atoms with E-state index in [9.17, 15) is 0 Å². The monoisotopic (exact) mass is 247 g/mol. The van der Waals surface area contributed by atoms with Crippen molar-refractivity contribution in [1.29, 1.82) is 0 Å². The minimum atomic E-state index is 0.710. The molecule has 3 nitrogen and oxygen atoms in total. The van der Waals surface area contributed by atoms with E-state index in [4.69, 9.17) is 9.47 Å². The van der Waals surface area contributed by atoms with Crippen molar-refractivity contribution >= 4 is 5.69 Å². The molecule has 2 aliphatic rings. The topological polar surface area (TPSA) is 30.5 Å². The molecule has 3 rings (SSSR count). The predicted molar refractivity (Wildman–Crippen MR) is 72.6 cm³/mol. The van der Waals surface area contributed by atoms with Crippen molar-refractivity contribution in [1.82, 2.24) is 0 Å². The van der Waals surface area contributed by atoms with Gasteiger partial charge in [-0.25, -0.2) is 0 Å². The van der Waals surface area contributed by atoms with Crippen LogP contribution in [-0.4, -0.2) is 19.8 Å². The molecule has 0 bridgehead atoms. The number of anilines is 1. The maximum atomic E-state index is 5.76. The van der Waals surface area contributed by atoms with Gasteiger partial charge in [0.05, 0.1) is 13.2 Å². The molecule has 1 unspecified atom stereocenters. The van der Waals surface area contributed by atoms with Crippen molar-refractivity contribution in [3.8, 4) is 11.5 Å². The lowest BCUT2D eigenvalue weighted by atomic mass is 9.86. The lowest BCUT2D eigenvalue weighted by Crippen LogP contribution is -2.27. The van der Waals surface area contributed by atoms with E-state index in [0.29, 0.717) is 11.8 Å². The molecule has 2 aliphatic heterocycles. The van der Waals surface area contributed by atoms with Gasteiger partial charge in [0.25, 0.3) is 0 Å². The van der Waals surface area contributed by atoms with Gasteiger partial charge in [0.2, 0.25) is 0 Å². The SMILES string of the molecule is CC(C)C1CNc2cc3c(cc2C1)OCCCO3. The van der Waals surface area contributed by atoms with Crippen LogP contribution in [0.5, 0.6) is 11.5 Å². The largest absolute Gasteiger partial charge is 0.490 e. The summed E-state index contributed by atoms with van der Waals surface area (Å²) in [4.78, 5) is 0. The van der Waals surface area contributed by atoms with Crippen LogP contribution >= 0.6 is 0 Å². The third-order valence-corrected chi connectivity index (χ3v) is 3.95. The van der Waals surface area contributed by atoms with Crippen LogP contribution in [0.4, 0.5) is 5.69 Å². The number of ether oxygens (including phenoxy) is 2. The summed E-state index contributed by atoms with van der Waals surface area (Å²) in [6.07, 6.45) is 2.10. The third-order valence-electron chi connectivity index (χ3n) is 3.95. The normalized spacial score (nSPS) is 22.1. The van der Waals surface area contributed by atoms with Crippen LogP contribution in [0.15, 0.2) is 12.1 Å². The molecule has 0 spiro atoms. The minimum Gasteiger partial charge on any atom is -0.490 e. The fourth-order valence-corrected chi connectivity index (χ4v) is 2.65. The minimum absolute atomic E-state index is 0.710.